The van der Waals surface area contributed by atoms with E-state index >= 15 is 0 Å². The number of rotatable bonds is 7. The quantitative estimate of drug-likeness (QED) is 0.669. The van der Waals surface area contributed by atoms with Crippen LogP contribution in [-0.2, 0) is 16.1 Å². The minimum absolute atomic E-state index is 0.119. The van der Waals surface area contributed by atoms with Gasteiger partial charge in [-0.2, -0.15) is 5.26 Å². The van der Waals surface area contributed by atoms with Crippen LogP contribution in [0, 0.1) is 11.3 Å². The monoisotopic (exact) mass is 355 g/mol. The molecule has 1 fully saturated rings. The molecular weight excluding hydrogens is 334 g/mol. The van der Waals surface area contributed by atoms with Crippen molar-refractivity contribution in [3.63, 3.8) is 0 Å². The summed E-state index contributed by atoms with van der Waals surface area (Å²) >= 11 is 0. The highest BCUT2D eigenvalue weighted by Gasteiger charge is 2.14. The number of morpholine rings is 1. The Morgan fingerprint density at radius 2 is 2.19 bits per heavy atom. The summed E-state index contributed by atoms with van der Waals surface area (Å²) in [6, 6.07) is 3.83. The first kappa shape index (κ1) is 18.0. The minimum Gasteiger partial charge on any atom is -0.382 e. The third-order valence-electron chi connectivity index (χ3n) is 3.83. The molecule has 1 saturated heterocycles. The summed E-state index contributed by atoms with van der Waals surface area (Å²) in [5, 5.41) is 18.6. The topological polar surface area (TPSA) is 117 Å². The van der Waals surface area contributed by atoms with Crippen LogP contribution >= 0.6 is 0 Å². The van der Waals surface area contributed by atoms with Gasteiger partial charge in [0.05, 0.1) is 31.7 Å². The lowest BCUT2D eigenvalue weighted by Crippen LogP contribution is -2.42. The van der Waals surface area contributed by atoms with E-state index in [1.807, 2.05) is 12.1 Å². The minimum atomic E-state index is 0.119. The summed E-state index contributed by atoms with van der Waals surface area (Å²) in [6.07, 6.45) is 4.78. The molecule has 3 N–H and O–H groups in total. The van der Waals surface area contributed by atoms with E-state index in [2.05, 4.69) is 30.9 Å². The van der Waals surface area contributed by atoms with Gasteiger partial charge < -0.3 is 25.4 Å². The number of nitrogens with one attached hydrogen (secondary N) is 3. The van der Waals surface area contributed by atoms with Crippen molar-refractivity contribution < 1.29 is 9.47 Å². The van der Waals surface area contributed by atoms with Gasteiger partial charge in [-0.05, 0) is 0 Å². The van der Waals surface area contributed by atoms with Crippen molar-refractivity contribution in [3.8, 4) is 6.07 Å². The van der Waals surface area contributed by atoms with Gasteiger partial charge in [0, 0.05) is 50.3 Å². The largest absolute Gasteiger partial charge is 0.382 e. The van der Waals surface area contributed by atoms with Gasteiger partial charge in [0.1, 0.15) is 17.7 Å². The Bertz CT molecular complexity index is 755. The fraction of sp³-hybridized carbons (Fsp3) is 0.412. The molecule has 0 spiro atoms. The summed E-state index contributed by atoms with van der Waals surface area (Å²) in [7, 11) is 1.65. The van der Waals surface area contributed by atoms with Crippen molar-refractivity contribution in [2.24, 2.45) is 0 Å². The molecule has 0 bridgehead atoms. The Labute approximate surface area is 151 Å². The van der Waals surface area contributed by atoms with Gasteiger partial charge in [0.15, 0.2) is 5.69 Å². The SMILES string of the molecule is COCc1cnc(Nc2cnc(C#N)cn2)cc1NC[C@@H]1CNCCO1. The molecule has 2 aromatic rings. The van der Waals surface area contributed by atoms with Crippen LogP contribution in [0.15, 0.2) is 24.7 Å². The zero-order valence-electron chi connectivity index (χ0n) is 14.5. The number of ether oxygens (including phenoxy) is 2. The maximum Gasteiger partial charge on any atom is 0.158 e. The van der Waals surface area contributed by atoms with Crippen molar-refractivity contribution in [1.82, 2.24) is 20.3 Å². The molecule has 3 rings (SSSR count). The highest BCUT2D eigenvalue weighted by Crippen LogP contribution is 2.21. The van der Waals surface area contributed by atoms with Crippen molar-refractivity contribution in [2.75, 3.05) is 44.0 Å². The van der Waals surface area contributed by atoms with Gasteiger partial charge in [0.2, 0.25) is 0 Å². The van der Waals surface area contributed by atoms with E-state index in [0.29, 0.717) is 24.8 Å². The normalized spacial score (nSPS) is 16.7. The molecule has 0 amide bonds. The maximum atomic E-state index is 8.78. The van der Waals surface area contributed by atoms with Gasteiger partial charge in [-0.3, -0.25) is 0 Å². The first-order valence-electron chi connectivity index (χ1n) is 8.31. The smallest absolute Gasteiger partial charge is 0.158 e. The molecule has 0 saturated carbocycles. The Morgan fingerprint density at radius 1 is 1.31 bits per heavy atom. The van der Waals surface area contributed by atoms with E-state index in [0.717, 1.165) is 30.9 Å². The second-order valence-electron chi connectivity index (χ2n) is 5.76. The molecule has 0 aromatic carbocycles. The van der Waals surface area contributed by atoms with Gasteiger partial charge in [0.25, 0.3) is 0 Å². The fourth-order valence-electron chi connectivity index (χ4n) is 2.54. The first-order chi connectivity index (χ1) is 12.8. The van der Waals surface area contributed by atoms with E-state index in [1.165, 1.54) is 12.4 Å². The molecule has 9 nitrogen and oxygen atoms in total. The average Bonchev–Trinajstić information content (AvgIpc) is 2.69. The zero-order chi connectivity index (χ0) is 18.2. The van der Waals surface area contributed by atoms with Gasteiger partial charge in [-0.1, -0.05) is 0 Å². The number of methoxy groups -OCH3 is 1. The predicted molar refractivity (Wildman–Crippen MR) is 96.1 cm³/mol. The number of aromatic nitrogens is 3. The van der Waals surface area contributed by atoms with Crippen LogP contribution in [0.1, 0.15) is 11.3 Å². The van der Waals surface area contributed by atoms with E-state index in [4.69, 9.17) is 14.7 Å². The summed E-state index contributed by atoms with van der Waals surface area (Å²) in [4.78, 5) is 12.5. The number of pyridine rings is 1. The van der Waals surface area contributed by atoms with Crippen LogP contribution < -0.4 is 16.0 Å². The Morgan fingerprint density at radius 3 is 2.88 bits per heavy atom. The fourth-order valence-corrected chi connectivity index (χ4v) is 2.54. The van der Waals surface area contributed by atoms with Gasteiger partial charge in [-0.25, -0.2) is 15.0 Å². The molecular formula is C17H21N7O2. The molecule has 9 heteroatoms. The Hall–Kier alpha value is -2.80. The van der Waals surface area contributed by atoms with E-state index in [9.17, 15) is 0 Å². The number of hydrogen-bond acceptors (Lipinski definition) is 9. The molecule has 0 unspecified atom stereocenters. The molecule has 0 radical (unpaired) electrons. The van der Waals surface area contributed by atoms with Crippen LogP contribution in [0.25, 0.3) is 0 Å². The first-order valence-corrected chi connectivity index (χ1v) is 8.31. The molecule has 3 heterocycles. The Kier molecular flexibility index (Phi) is 6.27. The van der Waals surface area contributed by atoms with Crippen molar-refractivity contribution in [1.29, 1.82) is 5.26 Å². The van der Waals surface area contributed by atoms with Gasteiger partial charge >= 0.3 is 0 Å². The zero-order valence-corrected chi connectivity index (χ0v) is 14.5. The van der Waals surface area contributed by atoms with Crippen LogP contribution in [-0.4, -0.2) is 54.4 Å². The third kappa shape index (κ3) is 4.86. The van der Waals surface area contributed by atoms with Crippen LogP contribution in [0.5, 0.6) is 0 Å². The second-order valence-corrected chi connectivity index (χ2v) is 5.76. The number of nitriles is 1. The molecule has 1 aliphatic heterocycles. The number of nitrogens with zero attached hydrogens (tertiary/aromatic N) is 4. The highest BCUT2D eigenvalue weighted by molar-refractivity contribution is 5.61. The van der Waals surface area contributed by atoms with Crippen LogP contribution in [0.3, 0.4) is 0 Å². The van der Waals surface area contributed by atoms with Crippen LogP contribution in [0.2, 0.25) is 0 Å². The molecule has 136 valence electrons. The molecule has 0 aliphatic carbocycles. The maximum absolute atomic E-state index is 8.78. The second kappa shape index (κ2) is 9.05. The predicted octanol–water partition coefficient (Wildman–Crippen LogP) is 1.03. The number of anilines is 3. The number of hydrogen-bond donors (Lipinski definition) is 3. The van der Waals surface area contributed by atoms with Crippen molar-refractivity contribution in [3.05, 3.63) is 35.9 Å². The van der Waals surface area contributed by atoms with E-state index < -0.39 is 0 Å². The summed E-state index contributed by atoms with van der Waals surface area (Å²) in [6.45, 7) is 3.57. The lowest BCUT2D eigenvalue weighted by atomic mass is 10.2. The molecule has 2 aromatic heterocycles. The molecule has 1 aliphatic rings. The van der Waals surface area contributed by atoms with E-state index in [1.54, 1.807) is 13.3 Å². The lowest BCUT2D eigenvalue weighted by molar-refractivity contribution is 0.0372. The standard InChI is InChI=1S/C17H21N7O2/c1-25-11-12-6-22-16(24-17-10-20-13(5-18)7-23-17)4-15(12)21-9-14-8-19-2-3-26-14/h4,6-7,10,14,19H,2-3,8-9,11H2,1H3,(H2,21,22,23,24)/t14-/m0/s1. The Balaban J connectivity index is 1.70. The third-order valence-corrected chi connectivity index (χ3v) is 3.83. The molecule has 1 atom stereocenters. The van der Waals surface area contributed by atoms with Crippen molar-refractivity contribution >= 4 is 17.3 Å². The highest BCUT2D eigenvalue weighted by atomic mass is 16.5. The van der Waals surface area contributed by atoms with Crippen molar-refractivity contribution in [2.45, 2.75) is 12.7 Å². The lowest BCUT2D eigenvalue weighted by Gasteiger charge is -2.24. The van der Waals surface area contributed by atoms with Gasteiger partial charge in [-0.15, -0.1) is 0 Å². The molecule has 26 heavy (non-hydrogen) atoms. The summed E-state index contributed by atoms with van der Waals surface area (Å²) in [5.41, 5.74) is 2.13. The van der Waals surface area contributed by atoms with E-state index in [-0.39, 0.29) is 11.8 Å². The van der Waals surface area contributed by atoms with Crippen LogP contribution in [0.4, 0.5) is 17.3 Å². The average molecular weight is 355 g/mol. The summed E-state index contributed by atoms with van der Waals surface area (Å²) in [5.74, 6) is 1.14. The summed E-state index contributed by atoms with van der Waals surface area (Å²) < 4.78 is 11.0.